The second-order valence-electron chi connectivity index (χ2n) is 5.64. The van der Waals surface area contributed by atoms with E-state index in [1.807, 2.05) is 0 Å². The lowest BCUT2D eigenvalue weighted by atomic mass is 9.94. The zero-order chi connectivity index (χ0) is 12.0. The van der Waals surface area contributed by atoms with Crippen LogP contribution in [0.25, 0.3) is 0 Å². The fourth-order valence-electron chi connectivity index (χ4n) is 2.54. The van der Waals surface area contributed by atoms with E-state index in [0.717, 1.165) is 12.5 Å². The highest BCUT2D eigenvalue weighted by atomic mass is 15.1. The van der Waals surface area contributed by atoms with Gasteiger partial charge in [0.2, 0.25) is 0 Å². The van der Waals surface area contributed by atoms with Gasteiger partial charge < -0.3 is 5.73 Å². The lowest BCUT2D eigenvalue weighted by Gasteiger charge is -2.28. The topological polar surface area (TPSA) is 29.3 Å². The zero-order valence-corrected chi connectivity index (χ0v) is 11.2. The van der Waals surface area contributed by atoms with Crippen molar-refractivity contribution in [3.8, 4) is 0 Å². The SMILES string of the molecule is CC1=CCCN(CCC(CN)CC(C)C)C1. The first-order chi connectivity index (χ1) is 7.61. The standard InChI is InChI=1S/C14H28N2/c1-12(2)9-14(10-15)6-8-16-7-4-5-13(3)11-16/h5,12,14H,4,6-11,15H2,1-3H3. The maximum Gasteiger partial charge on any atom is 0.0190 e. The smallest absolute Gasteiger partial charge is 0.0190 e. The first-order valence-corrected chi connectivity index (χ1v) is 6.70. The second kappa shape index (κ2) is 7.08. The minimum absolute atomic E-state index is 0.714. The molecule has 1 aliphatic rings. The van der Waals surface area contributed by atoms with Gasteiger partial charge in [-0.1, -0.05) is 25.5 Å². The maximum absolute atomic E-state index is 5.83. The van der Waals surface area contributed by atoms with E-state index in [-0.39, 0.29) is 0 Å². The van der Waals surface area contributed by atoms with Crippen LogP contribution >= 0.6 is 0 Å². The molecule has 0 aliphatic carbocycles. The summed E-state index contributed by atoms with van der Waals surface area (Å²) in [5.41, 5.74) is 7.36. The largest absolute Gasteiger partial charge is 0.330 e. The van der Waals surface area contributed by atoms with Crippen molar-refractivity contribution in [1.82, 2.24) is 4.90 Å². The molecule has 16 heavy (non-hydrogen) atoms. The summed E-state index contributed by atoms with van der Waals surface area (Å²) < 4.78 is 0. The summed E-state index contributed by atoms with van der Waals surface area (Å²) in [5.74, 6) is 1.49. The van der Waals surface area contributed by atoms with Crippen molar-refractivity contribution in [1.29, 1.82) is 0 Å². The Kier molecular flexibility index (Phi) is 6.07. The number of nitrogens with two attached hydrogens (primary N) is 1. The molecule has 0 saturated carbocycles. The van der Waals surface area contributed by atoms with Crippen LogP contribution in [0.2, 0.25) is 0 Å². The van der Waals surface area contributed by atoms with Crippen LogP contribution in [0.1, 0.15) is 40.0 Å². The summed E-state index contributed by atoms with van der Waals surface area (Å²) in [7, 11) is 0. The molecule has 0 aromatic heterocycles. The van der Waals surface area contributed by atoms with Gasteiger partial charge in [-0.05, 0) is 51.1 Å². The molecule has 0 aromatic carbocycles. The number of rotatable bonds is 6. The van der Waals surface area contributed by atoms with Gasteiger partial charge in [-0.15, -0.1) is 0 Å². The molecule has 1 atom stereocenters. The fourth-order valence-corrected chi connectivity index (χ4v) is 2.54. The lowest BCUT2D eigenvalue weighted by molar-refractivity contribution is 0.255. The monoisotopic (exact) mass is 224 g/mol. The van der Waals surface area contributed by atoms with Crippen molar-refractivity contribution in [3.05, 3.63) is 11.6 Å². The lowest BCUT2D eigenvalue weighted by Crippen LogP contribution is -2.32. The van der Waals surface area contributed by atoms with E-state index in [1.165, 1.54) is 44.5 Å². The van der Waals surface area contributed by atoms with Crippen LogP contribution in [0.5, 0.6) is 0 Å². The van der Waals surface area contributed by atoms with Crippen LogP contribution in [0.15, 0.2) is 11.6 Å². The van der Waals surface area contributed by atoms with E-state index in [0.29, 0.717) is 5.92 Å². The molecule has 94 valence electrons. The molecular formula is C14H28N2. The van der Waals surface area contributed by atoms with Crippen LogP contribution in [-0.2, 0) is 0 Å². The maximum atomic E-state index is 5.83. The van der Waals surface area contributed by atoms with Crippen molar-refractivity contribution >= 4 is 0 Å². The van der Waals surface area contributed by atoms with E-state index < -0.39 is 0 Å². The minimum atomic E-state index is 0.714. The van der Waals surface area contributed by atoms with E-state index >= 15 is 0 Å². The molecule has 2 heteroatoms. The van der Waals surface area contributed by atoms with Gasteiger partial charge in [0, 0.05) is 13.1 Å². The van der Waals surface area contributed by atoms with Gasteiger partial charge in [-0.25, -0.2) is 0 Å². The first kappa shape index (κ1) is 13.7. The van der Waals surface area contributed by atoms with Crippen LogP contribution in [0, 0.1) is 11.8 Å². The highest BCUT2D eigenvalue weighted by Crippen LogP contribution is 2.16. The summed E-state index contributed by atoms with van der Waals surface area (Å²) in [6.45, 7) is 11.3. The highest BCUT2D eigenvalue weighted by Gasteiger charge is 2.13. The molecule has 0 amide bonds. The van der Waals surface area contributed by atoms with Crippen molar-refractivity contribution in [3.63, 3.8) is 0 Å². The van der Waals surface area contributed by atoms with Crippen molar-refractivity contribution in [2.75, 3.05) is 26.2 Å². The van der Waals surface area contributed by atoms with E-state index in [9.17, 15) is 0 Å². The van der Waals surface area contributed by atoms with Gasteiger partial charge in [-0.3, -0.25) is 4.90 Å². The zero-order valence-electron chi connectivity index (χ0n) is 11.2. The predicted molar refractivity (Wildman–Crippen MR) is 71.4 cm³/mol. The average molecular weight is 224 g/mol. The molecule has 2 nitrogen and oxygen atoms in total. The molecule has 0 saturated heterocycles. The van der Waals surface area contributed by atoms with Crippen LogP contribution in [0.4, 0.5) is 0 Å². The molecule has 0 spiro atoms. The average Bonchev–Trinajstić information content (AvgIpc) is 2.24. The Bertz CT molecular complexity index is 221. The Balaban J connectivity index is 2.24. The van der Waals surface area contributed by atoms with Gasteiger partial charge in [-0.2, -0.15) is 0 Å². The Morgan fingerprint density at radius 3 is 2.75 bits per heavy atom. The van der Waals surface area contributed by atoms with E-state index in [4.69, 9.17) is 5.73 Å². The quantitative estimate of drug-likeness (QED) is 0.703. The molecule has 1 heterocycles. The molecule has 1 rings (SSSR count). The van der Waals surface area contributed by atoms with Crippen LogP contribution < -0.4 is 5.73 Å². The van der Waals surface area contributed by atoms with E-state index in [1.54, 1.807) is 0 Å². The molecule has 0 bridgehead atoms. The Hall–Kier alpha value is -0.340. The van der Waals surface area contributed by atoms with Crippen LogP contribution in [0.3, 0.4) is 0 Å². The molecule has 0 fully saturated rings. The number of hydrogen-bond donors (Lipinski definition) is 1. The molecule has 0 radical (unpaired) electrons. The minimum Gasteiger partial charge on any atom is -0.330 e. The summed E-state index contributed by atoms with van der Waals surface area (Å²) in [5, 5.41) is 0. The summed E-state index contributed by atoms with van der Waals surface area (Å²) in [6, 6.07) is 0. The predicted octanol–water partition coefficient (Wildman–Crippen LogP) is 2.65. The number of nitrogens with zero attached hydrogens (tertiary/aromatic N) is 1. The van der Waals surface area contributed by atoms with Crippen LogP contribution in [-0.4, -0.2) is 31.1 Å². The third kappa shape index (κ3) is 5.13. The highest BCUT2D eigenvalue weighted by molar-refractivity contribution is 5.04. The third-order valence-corrected chi connectivity index (χ3v) is 3.40. The second-order valence-corrected chi connectivity index (χ2v) is 5.64. The Morgan fingerprint density at radius 1 is 1.44 bits per heavy atom. The molecule has 2 N–H and O–H groups in total. The van der Waals surface area contributed by atoms with Gasteiger partial charge >= 0.3 is 0 Å². The normalized spacial score (nSPS) is 19.9. The molecule has 1 aliphatic heterocycles. The van der Waals surface area contributed by atoms with Gasteiger partial charge in [0.25, 0.3) is 0 Å². The van der Waals surface area contributed by atoms with Gasteiger partial charge in [0.15, 0.2) is 0 Å². The molecule has 1 unspecified atom stereocenters. The van der Waals surface area contributed by atoms with Gasteiger partial charge in [0.1, 0.15) is 0 Å². The molecular weight excluding hydrogens is 196 g/mol. The van der Waals surface area contributed by atoms with Crippen molar-refractivity contribution < 1.29 is 0 Å². The first-order valence-electron chi connectivity index (χ1n) is 6.70. The number of hydrogen-bond acceptors (Lipinski definition) is 2. The fraction of sp³-hybridized carbons (Fsp3) is 0.857. The van der Waals surface area contributed by atoms with Gasteiger partial charge in [0.05, 0.1) is 0 Å². The molecule has 0 aromatic rings. The van der Waals surface area contributed by atoms with Crippen molar-refractivity contribution in [2.45, 2.75) is 40.0 Å². The Labute approximate surface area is 101 Å². The third-order valence-electron chi connectivity index (χ3n) is 3.40. The summed E-state index contributed by atoms with van der Waals surface area (Å²) >= 11 is 0. The summed E-state index contributed by atoms with van der Waals surface area (Å²) in [4.78, 5) is 2.57. The van der Waals surface area contributed by atoms with E-state index in [2.05, 4.69) is 31.7 Å². The van der Waals surface area contributed by atoms with Crippen molar-refractivity contribution in [2.24, 2.45) is 17.6 Å². The Morgan fingerprint density at radius 2 is 2.19 bits per heavy atom. The summed E-state index contributed by atoms with van der Waals surface area (Å²) in [6.07, 6.45) is 6.13.